The van der Waals surface area contributed by atoms with Gasteiger partial charge in [0, 0.05) is 6.20 Å². The molecule has 0 bridgehead atoms. The van der Waals surface area contributed by atoms with E-state index in [1.54, 1.807) is 24.4 Å². The summed E-state index contributed by atoms with van der Waals surface area (Å²) in [6.45, 7) is 2.35. The number of benzene rings is 2. The zero-order valence-electron chi connectivity index (χ0n) is 21.3. The molecule has 0 aliphatic heterocycles. The van der Waals surface area contributed by atoms with Gasteiger partial charge in [-0.25, -0.2) is 9.07 Å². The molecule has 4 aromatic rings. The van der Waals surface area contributed by atoms with Gasteiger partial charge in [-0.3, -0.25) is 9.78 Å². The summed E-state index contributed by atoms with van der Waals surface area (Å²) < 4.78 is 15.4. The van der Waals surface area contributed by atoms with Crippen LogP contribution in [-0.2, 0) is 6.42 Å². The maximum absolute atomic E-state index is 13.5. The number of allylic oxidation sites excluding steroid dienone is 1. The minimum absolute atomic E-state index is 0.0306. The van der Waals surface area contributed by atoms with Crippen molar-refractivity contribution < 1.29 is 9.18 Å². The van der Waals surface area contributed by atoms with Crippen LogP contribution in [0.1, 0.15) is 59.4 Å². The van der Waals surface area contributed by atoms with Crippen molar-refractivity contribution in [3.63, 3.8) is 0 Å². The van der Waals surface area contributed by atoms with Gasteiger partial charge >= 0.3 is 0 Å². The SMILES string of the molecule is CC12Cc3cnn(-c4ccc(F)cc4)c3C=C1CCC2CC(NC(=O)c1ccncc1N)c1ccccc1. The van der Waals surface area contributed by atoms with E-state index in [1.165, 1.54) is 29.5 Å². The molecule has 2 aliphatic rings. The van der Waals surface area contributed by atoms with Crippen molar-refractivity contribution >= 4 is 17.7 Å². The van der Waals surface area contributed by atoms with E-state index < -0.39 is 0 Å². The van der Waals surface area contributed by atoms with Crippen LogP contribution in [0.4, 0.5) is 10.1 Å². The van der Waals surface area contributed by atoms with Gasteiger partial charge in [-0.1, -0.05) is 42.8 Å². The predicted molar refractivity (Wildman–Crippen MR) is 146 cm³/mol. The Kier molecular flexibility index (Phi) is 6.06. The molecule has 1 saturated carbocycles. The first-order valence-electron chi connectivity index (χ1n) is 13.0. The highest BCUT2D eigenvalue weighted by molar-refractivity contribution is 5.99. The van der Waals surface area contributed by atoms with Gasteiger partial charge in [-0.2, -0.15) is 5.10 Å². The van der Waals surface area contributed by atoms with Crippen LogP contribution in [-0.4, -0.2) is 20.7 Å². The fourth-order valence-corrected chi connectivity index (χ4v) is 6.20. The standard InChI is InChI=1S/C31H30FN5O/c1-31-17-21-18-35-37(25-11-9-24(32)10-12-25)29(21)16-23(31)8-7-22(31)15-28(20-5-3-2-4-6-20)36-30(38)26-13-14-34-19-27(26)33/h2-6,9-14,16,18-19,22,28H,7-8,15,17,33H2,1H3,(H,36,38). The number of carbonyl (C=O) groups is 1. The number of nitrogen functional groups attached to an aromatic ring is 1. The smallest absolute Gasteiger partial charge is 0.253 e. The number of halogens is 1. The number of hydrogen-bond donors (Lipinski definition) is 2. The van der Waals surface area contributed by atoms with Crippen LogP contribution in [0.5, 0.6) is 0 Å². The fourth-order valence-electron chi connectivity index (χ4n) is 6.20. The lowest BCUT2D eigenvalue weighted by atomic mass is 9.68. The molecular weight excluding hydrogens is 477 g/mol. The molecule has 2 aromatic heterocycles. The highest BCUT2D eigenvalue weighted by atomic mass is 19.1. The molecule has 0 radical (unpaired) electrons. The van der Waals surface area contributed by atoms with Gasteiger partial charge in [0.1, 0.15) is 5.82 Å². The first-order chi connectivity index (χ1) is 18.4. The Bertz CT molecular complexity index is 1510. The summed E-state index contributed by atoms with van der Waals surface area (Å²) in [6, 6.07) is 18.1. The van der Waals surface area contributed by atoms with Crippen LogP contribution in [0.25, 0.3) is 11.8 Å². The molecule has 6 rings (SSSR count). The van der Waals surface area contributed by atoms with Crippen molar-refractivity contribution in [3.8, 4) is 5.69 Å². The first-order valence-corrected chi connectivity index (χ1v) is 13.0. The molecule has 3 atom stereocenters. The quantitative estimate of drug-likeness (QED) is 0.340. The summed E-state index contributed by atoms with van der Waals surface area (Å²) in [4.78, 5) is 17.3. The first kappa shape index (κ1) is 24.1. The number of nitrogens with two attached hydrogens (primary N) is 1. The molecule has 3 N–H and O–H groups in total. The number of amides is 1. The number of carbonyl (C=O) groups excluding carboxylic acids is 1. The monoisotopic (exact) mass is 507 g/mol. The van der Waals surface area contributed by atoms with Gasteiger partial charge in [0.2, 0.25) is 0 Å². The molecule has 1 amide bonds. The minimum Gasteiger partial charge on any atom is -0.397 e. The molecule has 38 heavy (non-hydrogen) atoms. The van der Waals surface area contributed by atoms with Crippen molar-refractivity contribution in [1.82, 2.24) is 20.1 Å². The average molecular weight is 508 g/mol. The zero-order valence-corrected chi connectivity index (χ0v) is 21.3. The largest absolute Gasteiger partial charge is 0.397 e. The Morgan fingerprint density at radius 1 is 1.16 bits per heavy atom. The molecule has 0 saturated heterocycles. The Labute approximate surface area is 221 Å². The summed E-state index contributed by atoms with van der Waals surface area (Å²) >= 11 is 0. The molecule has 7 heteroatoms. The molecule has 6 nitrogen and oxygen atoms in total. The van der Waals surface area contributed by atoms with E-state index in [9.17, 15) is 9.18 Å². The molecule has 2 aromatic carbocycles. The van der Waals surface area contributed by atoms with Crippen LogP contribution in [0.15, 0.2) is 84.8 Å². The molecule has 1 fully saturated rings. The Morgan fingerprint density at radius 2 is 1.95 bits per heavy atom. The van der Waals surface area contributed by atoms with Crippen molar-refractivity contribution in [1.29, 1.82) is 0 Å². The van der Waals surface area contributed by atoms with Gasteiger partial charge < -0.3 is 11.1 Å². The fraction of sp³-hybridized carbons (Fsp3) is 0.258. The molecule has 192 valence electrons. The number of fused-ring (bicyclic) bond motifs is 2. The van der Waals surface area contributed by atoms with E-state index in [0.29, 0.717) is 17.2 Å². The number of anilines is 1. The lowest BCUT2D eigenvalue weighted by Gasteiger charge is -2.37. The normalized spacial score (nSPS) is 20.8. The van der Waals surface area contributed by atoms with E-state index in [2.05, 4.69) is 40.5 Å². The van der Waals surface area contributed by atoms with Crippen LogP contribution < -0.4 is 11.1 Å². The molecule has 2 aliphatic carbocycles. The predicted octanol–water partition coefficient (Wildman–Crippen LogP) is 5.91. The molecule has 3 unspecified atom stereocenters. The second kappa shape index (κ2) is 9.56. The Hall–Kier alpha value is -4.26. The second-order valence-electron chi connectivity index (χ2n) is 10.6. The average Bonchev–Trinajstić information content (AvgIpc) is 3.47. The molecule has 2 heterocycles. The van der Waals surface area contributed by atoms with Crippen molar-refractivity contribution in [2.75, 3.05) is 5.73 Å². The van der Waals surface area contributed by atoms with Crippen molar-refractivity contribution in [2.45, 2.75) is 38.6 Å². The third-order valence-electron chi connectivity index (χ3n) is 8.35. The summed E-state index contributed by atoms with van der Waals surface area (Å²) in [5.74, 6) is -0.0773. The van der Waals surface area contributed by atoms with Crippen LogP contribution in [0, 0.1) is 17.2 Å². The number of rotatable bonds is 6. The number of aromatic nitrogens is 3. The van der Waals surface area contributed by atoms with Gasteiger partial charge in [0.05, 0.1) is 41.1 Å². The van der Waals surface area contributed by atoms with Gasteiger partial charge in [0.25, 0.3) is 5.91 Å². The maximum Gasteiger partial charge on any atom is 0.253 e. The third kappa shape index (κ3) is 4.28. The second-order valence-corrected chi connectivity index (χ2v) is 10.6. The lowest BCUT2D eigenvalue weighted by Crippen LogP contribution is -2.35. The van der Waals surface area contributed by atoms with Crippen molar-refractivity contribution in [3.05, 3.63) is 113 Å². The van der Waals surface area contributed by atoms with E-state index in [-0.39, 0.29) is 23.2 Å². The summed E-state index contributed by atoms with van der Waals surface area (Å²) in [7, 11) is 0. The molecular formula is C31H30FN5O. The van der Waals surface area contributed by atoms with Gasteiger partial charge in [-0.15, -0.1) is 0 Å². The number of nitrogens with zero attached hydrogens (tertiary/aromatic N) is 3. The van der Waals surface area contributed by atoms with E-state index >= 15 is 0 Å². The van der Waals surface area contributed by atoms with Gasteiger partial charge in [-0.05, 0) is 84.6 Å². The van der Waals surface area contributed by atoms with E-state index in [1.807, 2.05) is 29.1 Å². The van der Waals surface area contributed by atoms with Crippen LogP contribution in [0.3, 0.4) is 0 Å². The van der Waals surface area contributed by atoms with Crippen molar-refractivity contribution in [2.24, 2.45) is 11.3 Å². The zero-order chi connectivity index (χ0) is 26.3. The minimum atomic E-state index is -0.258. The maximum atomic E-state index is 13.5. The Morgan fingerprint density at radius 3 is 2.71 bits per heavy atom. The topological polar surface area (TPSA) is 85.8 Å². The summed E-state index contributed by atoms with van der Waals surface area (Å²) in [6.07, 6.45) is 11.1. The van der Waals surface area contributed by atoms with E-state index in [0.717, 1.165) is 42.6 Å². The summed E-state index contributed by atoms with van der Waals surface area (Å²) in [5, 5.41) is 7.91. The lowest BCUT2D eigenvalue weighted by molar-refractivity contribution is 0.0924. The summed E-state index contributed by atoms with van der Waals surface area (Å²) in [5.41, 5.74) is 12.4. The number of pyridine rings is 1. The highest BCUT2D eigenvalue weighted by Gasteiger charge is 2.46. The molecule has 0 spiro atoms. The highest BCUT2D eigenvalue weighted by Crippen LogP contribution is 2.55. The third-order valence-corrected chi connectivity index (χ3v) is 8.35. The van der Waals surface area contributed by atoms with Crippen LogP contribution >= 0.6 is 0 Å². The number of nitrogens with one attached hydrogen (secondary N) is 1. The van der Waals surface area contributed by atoms with Crippen LogP contribution in [0.2, 0.25) is 0 Å². The Balaban J connectivity index is 1.28. The van der Waals surface area contributed by atoms with E-state index in [4.69, 9.17) is 5.73 Å². The van der Waals surface area contributed by atoms with Gasteiger partial charge in [0.15, 0.2) is 0 Å². The number of hydrogen-bond acceptors (Lipinski definition) is 4.